The minimum atomic E-state index is -3.45. The molecule has 3 rings (SSSR count). The predicted molar refractivity (Wildman–Crippen MR) is 106 cm³/mol. The highest BCUT2D eigenvalue weighted by molar-refractivity contribution is 7.86. The topological polar surface area (TPSA) is 99.9 Å². The molecule has 28 heavy (non-hydrogen) atoms. The van der Waals surface area contributed by atoms with Crippen LogP contribution in [0.2, 0.25) is 0 Å². The molecule has 9 nitrogen and oxygen atoms in total. The number of amides is 1. The second kappa shape index (κ2) is 9.12. The first-order chi connectivity index (χ1) is 13.5. The SMILES string of the molecule is CCN(CC)S(=O)(=O)N1CCN(C(=O)CCc2nc(-c3cccs3)no2)CC1. The van der Waals surface area contributed by atoms with Crippen LogP contribution < -0.4 is 0 Å². The van der Waals surface area contributed by atoms with Gasteiger partial charge in [0, 0.05) is 52.1 Å². The molecule has 3 heterocycles. The fraction of sp³-hybridized carbons (Fsp3) is 0.588. The summed E-state index contributed by atoms with van der Waals surface area (Å²) in [7, 11) is -3.45. The molecule has 154 valence electrons. The molecule has 2 aromatic heterocycles. The number of rotatable bonds is 8. The molecule has 1 fully saturated rings. The molecule has 1 aliphatic heterocycles. The largest absolute Gasteiger partial charge is 0.340 e. The third-order valence-electron chi connectivity index (χ3n) is 4.71. The monoisotopic (exact) mass is 427 g/mol. The van der Waals surface area contributed by atoms with Crippen molar-refractivity contribution in [2.75, 3.05) is 39.3 Å². The zero-order valence-corrected chi connectivity index (χ0v) is 17.7. The summed E-state index contributed by atoms with van der Waals surface area (Å²) in [5.41, 5.74) is 0. The van der Waals surface area contributed by atoms with Crippen molar-refractivity contribution in [1.82, 2.24) is 23.7 Å². The maximum atomic E-state index is 12.6. The van der Waals surface area contributed by atoms with Crippen LogP contribution in [0, 0.1) is 0 Å². The standard InChI is InChI=1S/C17H25N5O4S2/c1-3-21(4-2)28(24,25)22-11-9-20(10-12-22)16(23)8-7-15-18-17(19-26-15)14-6-5-13-27-14/h5-6,13H,3-4,7-12H2,1-2H3. The van der Waals surface area contributed by atoms with Gasteiger partial charge in [-0.25, -0.2) is 0 Å². The van der Waals surface area contributed by atoms with E-state index in [1.54, 1.807) is 4.90 Å². The van der Waals surface area contributed by atoms with Crippen LogP contribution in [0.4, 0.5) is 0 Å². The Bertz CT molecular complexity index is 869. The van der Waals surface area contributed by atoms with Crippen molar-refractivity contribution in [2.45, 2.75) is 26.7 Å². The Morgan fingerprint density at radius 3 is 2.57 bits per heavy atom. The fourth-order valence-corrected chi connectivity index (χ4v) is 5.37. The molecule has 0 atom stereocenters. The van der Waals surface area contributed by atoms with Gasteiger partial charge in [0.25, 0.3) is 10.2 Å². The summed E-state index contributed by atoms with van der Waals surface area (Å²) in [4.78, 5) is 19.4. The van der Waals surface area contributed by atoms with Gasteiger partial charge in [-0.3, -0.25) is 4.79 Å². The van der Waals surface area contributed by atoms with E-state index in [0.717, 1.165) is 4.88 Å². The molecular formula is C17H25N5O4S2. The van der Waals surface area contributed by atoms with E-state index in [2.05, 4.69) is 10.1 Å². The molecule has 0 N–H and O–H groups in total. The molecule has 0 aromatic carbocycles. The van der Waals surface area contributed by atoms with E-state index >= 15 is 0 Å². The van der Waals surface area contributed by atoms with Crippen molar-refractivity contribution in [3.63, 3.8) is 0 Å². The van der Waals surface area contributed by atoms with Crippen LogP contribution in [-0.4, -0.2) is 77.2 Å². The summed E-state index contributed by atoms with van der Waals surface area (Å²) in [6, 6.07) is 3.83. The lowest BCUT2D eigenvalue weighted by atomic mass is 10.2. The van der Waals surface area contributed by atoms with Crippen molar-refractivity contribution in [3.05, 3.63) is 23.4 Å². The number of aryl methyl sites for hydroxylation is 1. The third-order valence-corrected chi connectivity index (χ3v) is 7.76. The van der Waals surface area contributed by atoms with Gasteiger partial charge in [-0.2, -0.15) is 22.0 Å². The van der Waals surface area contributed by atoms with Crippen molar-refractivity contribution in [2.24, 2.45) is 0 Å². The van der Waals surface area contributed by atoms with Crippen molar-refractivity contribution >= 4 is 27.5 Å². The Morgan fingerprint density at radius 1 is 1.25 bits per heavy atom. The second-order valence-corrected chi connectivity index (χ2v) is 9.24. The van der Waals surface area contributed by atoms with E-state index in [1.807, 2.05) is 31.4 Å². The van der Waals surface area contributed by atoms with Crippen molar-refractivity contribution < 1.29 is 17.7 Å². The first kappa shape index (κ1) is 20.9. The molecule has 0 saturated carbocycles. The Kier molecular flexibility index (Phi) is 6.81. The molecule has 1 aliphatic rings. The predicted octanol–water partition coefficient (Wildman–Crippen LogP) is 1.46. The van der Waals surface area contributed by atoms with E-state index in [1.165, 1.54) is 19.9 Å². The summed E-state index contributed by atoms with van der Waals surface area (Å²) in [5, 5.41) is 5.88. The van der Waals surface area contributed by atoms with Gasteiger partial charge < -0.3 is 9.42 Å². The lowest BCUT2D eigenvalue weighted by Crippen LogP contribution is -2.54. The van der Waals surface area contributed by atoms with Gasteiger partial charge in [-0.1, -0.05) is 25.1 Å². The highest BCUT2D eigenvalue weighted by Gasteiger charge is 2.32. The molecule has 2 aromatic rings. The lowest BCUT2D eigenvalue weighted by Gasteiger charge is -2.36. The number of hydrogen-bond acceptors (Lipinski definition) is 7. The Morgan fingerprint density at radius 2 is 1.96 bits per heavy atom. The van der Waals surface area contributed by atoms with Gasteiger partial charge >= 0.3 is 0 Å². The molecule has 11 heteroatoms. The van der Waals surface area contributed by atoms with E-state index < -0.39 is 10.2 Å². The fourth-order valence-electron chi connectivity index (χ4n) is 3.12. The number of carbonyl (C=O) groups excluding carboxylic acids is 1. The molecule has 0 aliphatic carbocycles. The van der Waals surface area contributed by atoms with E-state index in [0.29, 0.717) is 57.4 Å². The smallest absolute Gasteiger partial charge is 0.282 e. The van der Waals surface area contributed by atoms with Gasteiger partial charge in [0.2, 0.25) is 17.6 Å². The Labute approximate surface area is 169 Å². The van der Waals surface area contributed by atoms with Gasteiger partial charge in [-0.15, -0.1) is 11.3 Å². The Hall–Kier alpha value is -1.82. The van der Waals surface area contributed by atoms with E-state index in [-0.39, 0.29) is 12.3 Å². The molecular weight excluding hydrogens is 402 g/mol. The summed E-state index contributed by atoms with van der Waals surface area (Å²) in [6.07, 6.45) is 0.629. The van der Waals surface area contributed by atoms with Crippen LogP contribution in [0.5, 0.6) is 0 Å². The van der Waals surface area contributed by atoms with Crippen LogP contribution in [0.25, 0.3) is 10.7 Å². The Balaban J connectivity index is 1.49. The second-order valence-electron chi connectivity index (χ2n) is 6.36. The number of thiophene rings is 1. The van der Waals surface area contributed by atoms with Crippen LogP contribution in [0.3, 0.4) is 0 Å². The van der Waals surface area contributed by atoms with Crippen LogP contribution in [0.15, 0.2) is 22.0 Å². The number of nitrogens with zero attached hydrogens (tertiary/aromatic N) is 5. The molecule has 0 radical (unpaired) electrons. The number of aromatic nitrogens is 2. The maximum absolute atomic E-state index is 12.6. The van der Waals surface area contributed by atoms with Crippen LogP contribution in [-0.2, 0) is 21.4 Å². The maximum Gasteiger partial charge on any atom is 0.282 e. The number of piperazine rings is 1. The van der Waals surface area contributed by atoms with Crippen LogP contribution >= 0.6 is 11.3 Å². The average molecular weight is 428 g/mol. The van der Waals surface area contributed by atoms with Crippen molar-refractivity contribution in [1.29, 1.82) is 0 Å². The normalized spacial score (nSPS) is 16.0. The highest BCUT2D eigenvalue weighted by atomic mass is 32.2. The quantitative estimate of drug-likeness (QED) is 0.632. The first-order valence-corrected chi connectivity index (χ1v) is 11.6. The van der Waals surface area contributed by atoms with E-state index in [4.69, 9.17) is 4.52 Å². The zero-order chi connectivity index (χ0) is 20.1. The molecule has 1 amide bonds. The summed E-state index contributed by atoms with van der Waals surface area (Å²) >= 11 is 1.53. The summed E-state index contributed by atoms with van der Waals surface area (Å²) in [5.74, 6) is 0.933. The summed E-state index contributed by atoms with van der Waals surface area (Å²) < 4.78 is 33.2. The zero-order valence-electron chi connectivity index (χ0n) is 16.1. The van der Waals surface area contributed by atoms with Gasteiger partial charge in [0.05, 0.1) is 4.88 Å². The van der Waals surface area contributed by atoms with Crippen LogP contribution in [0.1, 0.15) is 26.2 Å². The number of carbonyl (C=O) groups is 1. The van der Waals surface area contributed by atoms with E-state index in [9.17, 15) is 13.2 Å². The number of hydrogen-bond donors (Lipinski definition) is 0. The van der Waals surface area contributed by atoms with Crippen molar-refractivity contribution in [3.8, 4) is 10.7 Å². The summed E-state index contributed by atoms with van der Waals surface area (Å²) in [6.45, 7) is 5.93. The third kappa shape index (κ3) is 4.59. The highest BCUT2D eigenvalue weighted by Crippen LogP contribution is 2.21. The lowest BCUT2D eigenvalue weighted by molar-refractivity contribution is -0.132. The minimum absolute atomic E-state index is 0.0317. The molecule has 0 bridgehead atoms. The molecule has 0 spiro atoms. The molecule has 1 saturated heterocycles. The average Bonchev–Trinajstić information content (AvgIpc) is 3.38. The van der Waals surface area contributed by atoms with Gasteiger partial charge in [0.1, 0.15) is 0 Å². The first-order valence-electron chi connectivity index (χ1n) is 9.35. The molecule has 0 unspecified atom stereocenters. The van der Waals surface area contributed by atoms with Gasteiger partial charge in [0.15, 0.2) is 0 Å². The van der Waals surface area contributed by atoms with Gasteiger partial charge in [-0.05, 0) is 11.4 Å². The minimum Gasteiger partial charge on any atom is -0.340 e.